The van der Waals surface area contributed by atoms with Crippen molar-refractivity contribution in [3.8, 4) is 22.6 Å². The number of amides is 1. The standard InChI is InChI=1S/C29H27Cl2N3O5S/c1-38-26-9-4-3-8-25(26)29(35)33-13-12-32-23-6-5-7-24(18-23)34-40(36,37)28-16-19(10-11-27(28)39-2)20-14-21(30)17-22(31)15-20/h3-11,14-18,32,34H,12-13H2,1-2H3,(H,33,35). The molecule has 0 radical (unpaired) electrons. The second-order valence-electron chi connectivity index (χ2n) is 8.59. The molecule has 1 amide bonds. The molecule has 0 aliphatic carbocycles. The molecule has 0 saturated heterocycles. The predicted octanol–water partition coefficient (Wildman–Crippen LogP) is 6.32. The van der Waals surface area contributed by atoms with E-state index in [9.17, 15) is 13.2 Å². The van der Waals surface area contributed by atoms with Crippen LogP contribution in [0.2, 0.25) is 10.0 Å². The summed E-state index contributed by atoms with van der Waals surface area (Å²) in [7, 11) is -1.12. The number of ether oxygens (including phenoxy) is 2. The van der Waals surface area contributed by atoms with Gasteiger partial charge in [-0.05, 0) is 71.8 Å². The van der Waals surface area contributed by atoms with Crippen LogP contribution in [0.5, 0.6) is 11.5 Å². The second kappa shape index (κ2) is 13.0. The lowest BCUT2D eigenvalue weighted by Crippen LogP contribution is -2.29. The molecule has 4 rings (SSSR count). The average Bonchev–Trinajstić information content (AvgIpc) is 2.94. The number of methoxy groups -OCH3 is 2. The summed E-state index contributed by atoms with van der Waals surface area (Å²) in [6.45, 7) is 0.750. The summed E-state index contributed by atoms with van der Waals surface area (Å²) in [4.78, 5) is 12.4. The maximum Gasteiger partial charge on any atom is 0.265 e. The van der Waals surface area contributed by atoms with E-state index in [1.807, 2.05) is 0 Å². The molecule has 0 aromatic heterocycles. The molecule has 3 N–H and O–H groups in total. The van der Waals surface area contributed by atoms with Crippen LogP contribution in [0.4, 0.5) is 11.4 Å². The molecular formula is C29H27Cl2N3O5S. The number of hydrogen-bond donors (Lipinski definition) is 3. The van der Waals surface area contributed by atoms with E-state index in [0.717, 1.165) is 0 Å². The van der Waals surface area contributed by atoms with E-state index in [0.29, 0.717) is 56.9 Å². The molecule has 0 aliphatic heterocycles. The zero-order valence-electron chi connectivity index (χ0n) is 21.7. The zero-order valence-corrected chi connectivity index (χ0v) is 24.0. The highest BCUT2D eigenvalue weighted by molar-refractivity contribution is 7.92. The number of benzene rings is 4. The molecule has 4 aromatic carbocycles. The summed E-state index contributed by atoms with van der Waals surface area (Å²) >= 11 is 12.3. The molecule has 4 aromatic rings. The third-order valence-corrected chi connectivity index (χ3v) is 7.69. The van der Waals surface area contributed by atoms with E-state index >= 15 is 0 Å². The molecule has 0 spiro atoms. The van der Waals surface area contributed by atoms with Gasteiger partial charge in [0.1, 0.15) is 16.4 Å². The van der Waals surface area contributed by atoms with E-state index in [4.69, 9.17) is 32.7 Å². The Morgan fingerprint density at radius 3 is 2.17 bits per heavy atom. The van der Waals surface area contributed by atoms with Crippen LogP contribution >= 0.6 is 23.2 Å². The molecule has 0 heterocycles. The lowest BCUT2D eigenvalue weighted by Gasteiger charge is -2.15. The van der Waals surface area contributed by atoms with Gasteiger partial charge < -0.3 is 20.1 Å². The number of nitrogens with one attached hydrogen (secondary N) is 3. The molecule has 0 aliphatic rings. The highest BCUT2D eigenvalue weighted by Crippen LogP contribution is 2.33. The number of hydrogen-bond acceptors (Lipinski definition) is 6. The smallest absolute Gasteiger partial charge is 0.265 e. The van der Waals surface area contributed by atoms with Gasteiger partial charge >= 0.3 is 0 Å². The topological polar surface area (TPSA) is 106 Å². The third-order valence-electron chi connectivity index (χ3n) is 5.86. The van der Waals surface area contributed by atoms with Crippen molar-refractivity contribution >= 4 is 50.5 Å². The first kappa shape index (κ1) is 29.1. The largest absolute Gasteiger partial charge is 0.496 e. The Morgan fingerprint density at radius 1 is 0.750 bits per heavy atom. The van der Waals surface area contributed by atoms with Gasteiger partial charge in [0, 0.05) is 28.8 Å². The van der Waals surface area contributed by atoms with Gasteiger partial charge in [0.15, 0.2) is 0 Å². The Labute approximate surface area is 243 Å². The number of anilines is 2. The molecule has 0 fully saturated rings. The van der Waals surface area contributed by atoms with Crippen molar-refractivity contribution in [2.75, 3.05) is 37.3 Å². The summed E-state index contributed by atoms with van der Waals surface area (Å²) in [6, 6.07) is 23.6. The van der Waals surface area contributed by atoms with Gasteiger partial charge in [0.2, 0.25) is 0 Å². The average molecular weight is 601 g/mol. The summed E-state index contributed by atoms with van der Waals surface area (Å²) in [5.74, 6) is 0.424. The molecule has 11 heteroatoms. The fraction of sp³-hybridized carbons (Fsp3) is 0.138. The fourth-order valence-corrected chi connectivity index (χ4v) is 5.77. The quantitative estimate of drug-likeness (QED) is 0.174. The lowest BCUT2D eigenvalue weighted by molar-refractivity contribution is 0.0952. The van der Waals surface area contributed by atoms with Crippen molar-refractivity contribution in [3.63, 3.8) is 0 Å². The van der Waals surface area contributed by atoms with Crippen LogP contribution in [0.1, 0.15) is 10.4 Å². The van der Waals surface area contributed by atoms with Crippen molar-refractivity contribution in [1.29, 1.82) is 0 Å². The van der Waals surface area contributed by atoms with E-state index in [1.165, 1.54) is 20.3 Å². The van der Waals surface area contributed by atoms with E-state index in [1.54, 1.807) is 78.9 Å². The first-order chi connectivity index (χ1) is 19.2. The van der Waals surface area contributed by atoms with Gasteiger partial charge in [-0.3, -0.25) is 9.52 Å². The summed E-state index contributed by atoms with van der Waals surface area (Å²) < 4.78 is 40.0. The minimum absolute atomic E-state index is 0.0407. The monoisotopic (exact) mass is 599 g/mol. The minimum Gasteiger partial charge on any atom is -0.496 e. The normalized spacial score (nSPS) is 11.0. The van der Waals surface area contributed by atoms with Crippen LogP contribution in [0, 0.1) is 0 Å². The first-order valence-corrected chi connectivity index (χ1v) is 14.4. The minimum atomic E-state index is -4.03. The molecule has 40 heavy (non-hydrogen) atoms. The maximum absolute atomic E-state index is 13.4. The number of carbonyl (C=O) groups is 1. The van der Waals surface area contributed by atoms with Crippen molar-refractivity contribution in [1.82, 2.24) is 5.32 Å². The van der Waals surface area contributed by atoms with E-state index in [-0.39, 0.29) is 16.6 Å². The molecule has 208 valence electrons. The first-order valence-electron chi connectivity index (χ1n) is 12.1. The van der Waals surface area contributed by atoms with Crippen molar-refractivity contribution in [3.05, 3.63) is 101 Å². The van der Waals surface area contributed by atoms with Gasteiger partial charge in [-0.25, -0.2) is 8.42 Å². The van der Waals surface area contributed by atoms with Crippen LogP contribution < -0.4 is 24.8 Å². The second-order valence-corrected chi connectivity index (χ2v) is 11.1. The summed E-state index contributed by atoms with van der Waals surface area (Å²) in [5, 5.41) is 6.88. The van der Waals surface area contributed by atoms with Gasteiger partial charge in [-0.2, -0.15) is 0 Å². The predicted molar refractivity (Wildman–Crippen MR) is 160 cm³/mol. The number of rotatable bonds is 11. The number of halogens is 2. The Hall–Kier alpha value is -3.92. The van der Waals surface area contributed by atoms with Gasteiger partial charge in [0.25, 0.3) is 15.9 Å². The van der Waals surface area contributed by atoms with Crippen molar-refractivity contribution in [2.45, 2.75) is 4.90 Å². The van der Waals surface area contributed by atoms with Crippen LogP contribution in [0.15, 0.2) is 89.8 Å². The Bertz CT molecular complexity index is 1610. The summed E-state index contributed by atoms with van der Waals surface area (Å²) in [6.07, 6.45) is 0. The number of carbonyl (C=O) groups excluding carboxylic acids is 1. The Morgan fingerprint density at radius 2 is 1.45 bits per heavy atom. The molecule has 0 unspecified atom stereocenters. The highest BCUT2D eigenvalue weighted by atomic mass is 35.5. The molecule has 8 nitrogen and oxygen atoms in total. The summed E-state index contributed by atoms with van der Waals surface area (Å²) in [5.41, 5.74) is 2.73. The van der Waals surface area contributed by atoms with Crippen LogP contribution in [-0.4, -0.2) is 41.6 Å². The van der Waals surface area contributed by atoms with Crippen LogP contribution in [0.3, 0.4) is 0 Å². The molecular weight excluding hydrogens is 573 g/mol. The highest BCUT2D eigenvalue weighted by Gasteiger charge is 2.21. The number of sulfonamides is 1. The molecule has 0 saturated carbocycles. The maximum atomic E-state index is 13.4. The zero-order chi connectivity index (χ0) is 28.7. The van der Waals surface area contributed by atoms with Crippen LogP contribution in [-0.2, 0) is 10.0 Å². The van der Waals surface area contributed by atoms with E-state index < -0.39 is 10.0 Å². The Balaban J connectivity index is 1.44. The number of para-hydroxylation sites is 1. The van der Waals surface area contributed by atoms with Crippen molar-refractivity contribution in [2.24, 2.45) is 0 Å². The fourth-order valence-electron chi connectivity index (χ4n) is 4.00. The lowest BCUT2D eigenvalue weighted by atomic mass is 10.1. The van der Waals surface area contributed by atoms with Crippen molar-refractivity contribution < 1.29 is 22.7 Å². The molecule has 0 bridgehead atoms. The van der Waals surface area contributed by atoms with E-state index in [2.05, 4.69) is 15.4 Å². The van der Waals surface area contributed by atoms with Gasteiger partial charge in [-0.15, -0.1) is 0 Å². The van der Waals surface area contributed by atoms with Gasteiger partial charge in [0.05, 0.1) is 25.5 Å². The Kier molecular flexibility index (Phi) is 9.42. The van der Waals surface area contributed by atoms with Crippen LogP contribution in [0.25, 0.3) is 11.1 Å². The SMILES string of the molecule is COc1ccccc1C(=O)NCCNc1cccc(NS(=O)(=O)c2cc(-c3cc(Cl)cc(Cl)c3)ccc2OC)c1. The molecule has 0 atom stereocenters. The van der Waals surface area contributed by atoms with Gasteiger partial charge in [-0.1, -0.05) is 47.5 Å². The third kappa shape index (κ3) is 7.18.